The van der Waals surface area contributed by atoms with E-state index in [9.17, 15) is 14.0 Å². The van der Waals surface area contributed by atoms with Crippen LogP contribution < -0.4 is 10.2 Å². The second kappa shape index (κ2) is 8.39. The molecule has 2 N–H and O–H groups in total. The topological polar surface area (TPSA) is 80.6 Å². The number of nitrogens with zero attached hydrogens (tertiary/aromatic N) is 1. The van der Waals surface area contributed by atoms with Gasteiger partial charge in [-0.3, -0.25) is 19.7 Å². The highest BCUT2D eigenvalue weighted by Gasteiger charge is 2.17. The van der Waals surface area contributed by atoms with Gasteiger partial charge in [-0.1, -0.05) is 12.1 Å². The first-order chi connectivity index (χ1) is 13.5. The van der Waals surface area contributed by atoms with Crippen LogP contribution in [0, 0.1) is 5.82 Å². The lowest BCUT2D eigenvalue weighted by atomic mass is 10.1. The lowest BCUT2D eigenvalue weighted by Gasteiger charge is -2.15. The SMILES string of the molecule is COc1ccc(-c2ccc(CCC(=O)O)n2NC(=O)c2ccccc2F)cc1. The molecule has 3 aromatic rings. The van der Waals surface area contributed by atoms with Crippen LogP contribution in [0.1, 0.15) is 22.5 Å². The Hall–Kier alpha value is -3.61. The molecule has 0 aliphatic carbocycles. The molecular formula is C21H19FN2O4. The molecule has 2 aromatic carbocycles. The summed E-state index contributed by atoms with van der Waals surface area (Å²) in [5.74, 6) is -1.52. The maximum absolute atomic E-state index is 14.0. The van der Waals surface area contributed by atoms with Gasteiger partial charge >= 0.3 is 5.97 Å². The summed E-state index contributed by atoms with van der Waals surface area (Å²) in [4.78, 5) is 23.6. The number of carboxylic acid groups (broad SMARTS) is 1. The predicted molar refractivity (Wildman–Crippen MR) is 102 cm³/mol. The Morgan fingerprint density at radius 1 is 1.07 bits per heavy atom. The lowest BCUT2D eigenvalue weighted by Crippen LogP contribution is -2.26. The molecule has 0 saturated heterocycles. The van der Waals surface area contributed by atoms with Crippen LogP contribution in [-0.2, 0) is 11.2 Å². The molecule has 0 aliphatic heterocycles. The van der Waals surface area contributed by atoms with Crippen molar-refractivity contribution >= 4 is 11.9 Å². The molecule has 28 heavy (non-hydrogen) atoms. The van der Waals surface area contributed by atoms with Gasteiger partial charge in [0.2, 0.25) is 0 Å². The van der Waals surface area contributed by atoms with E-state index in [1.165, 1.54) is 22.9 Å². The van der Waals surface area contributed by atoms with Gasteiger partial charge in [0.25, 0.3) is 5.91 Å². The number of nitrogens with one attached hydrogen (secondary N) is 1. The summed E-state index contributed by atoms with van der Waals surface area (Å²) in [5.41, 5.74) is 4.61. The average molecular weight is 382 g/mol. The number of halogens is 1. The number of aryl methyl sites for hydroxylation is 1. The van der Waals surface area contributed by atoms with Crippen LogP contribution in [0.5, 0.6) is 5.75 Å². The molecule has 0 radical (unpaired) electrons. The number of aromatic nitrogens is 1. The molecule has 0 saturated carbocycles. The molecule has 7 heteroatoms. The van der Waals surface area contributed by atoms with Crippen molar-refractivity contribution in [3.63, 3.8) is 0 Å². The van der Waals surface area contributed by atoms with Crippen molar-refractivity contribution < 1.29 is 23.8 Å². The first-order valence-electron chi connectivity index (χ1n) is 8.62. The van der Waals surface area contributed by atoms with E-state index in [4.69, 9.17) is 9.84 Å². The number of hydrogen-bond donors (Lipinski definition) is 2. The Morgan fingerprint density at radius 2 is 1.79 bits per heavy atom. The van der Waals surface area contributed by atoms with E-state index in [0.717, 1.165) is 5.56 Å². The molecule has 1 aromatic heterocycles. The van der Waals surface area contributed by atoms with Crippen molar-refractivity contribution in [2.45, 2.75) is 12.8 Å². The molecule has 1 heterocycles. The highest BCUT2D eigenvalue weighted by Crippen LogP contribution is 2.25. The quantitative estimate of drug-likeness (QED) is 0.653. The number of ether oxygens (including phenoxy) is 1. The van der Waals surface area contributed by atoms with Gasteiger partial charge in [0.15, 0.2) is 0 Å². The minimum Gasteiger partial charge on any atom is -0.497 e. The molecule has 0 aliphatic rings. The Labute approximate surface area is 161 Å². The van der Waals surface area contributed by atoms with Gasteiger partial charge in [-0.15, -0.1) is 0 Å². The van der Waals surface area contributed by atoms with Crippen molar-refractivity contribution in [2.75, 3.05) is 12.5 Å². The summed E-state index contributed by atoms with van der Waals surface area (Å²) in [6.07, 6.45) is 0.116. The number of benzene rings is 2. The molecule has 0 spiro atoms. The largest absolute Gasteiger partial charge is 0.497 e. The van der Waals surface area contributed by atoms with E-state index < -0.39 is 17.7 Å². The van der Waals surface area contributed by atoms with E-state index in [2.05, 4.69) is 5.43 Å². The molecule has 0 unspecified atom stereocenters. The summed E-state index contributed by atoms with van der Waals surface area (Å²) < 4.78 is 20.6. The number of carbonyl (C=O) groups is 2. The van der Waals surface area contributed by atoms with Crippen molar-refractivity contribution in [3.05, 3.63) is 77.7 Å². The number of carboxylic acids is 1. The predicted octanol–water partition coefficient (Wildman–Crippen LogP) is 3.70. The molecule has 1 amide bonds. The van der Waals surface area contributed by atoms with Gasteiger partial charge in [0.1, 0.15) is 11.6 Å². The Kier molecular flexibility index (Phi) is 5.74. The van der Waals surface area contributed by atoms with Crippen molar-refractivity contribution in [3.8, 4) is 17.0 Å². The standard InChI is InChI=1S/C21H19FN2O4/c1-28-16-10-6-14(7-11-16)19-12-8-15(9-13-20(25)26)24(19)23-21(27)17-4-2-3-5-18(17)22/h2-8,10-12H,9,13H2,1H3,(H,23,27)(H,25,26). The van der Waals surface area contributed by atoms with Gasteiger partial charge in [0.05, 0.1) is 24.8 Å². The van der Waals surface area contributed by atoms with Gasteiger partial charge in [-0.05, 0) is 48.5 Å². The number of carbonyl (C=O) groups excluding carboxylic acids is 1. The zero-order valence-electron chi connectivity index (χ0n) is 15.2. The first kappa shape index (κ1) is 19.2. The van der Waals surface area contributed by atoms with Gasteiger partial charge < -0.3 is 9.84 Å². The van der Waals surface area contributed by atoms with Crippen LogP contribution in [-0.4, -0.2) is 28.8 Å². The van der Waals surface area contributed by atoms with Crippen LogP contribution in [0.4, 0.5) is 4.39 Å². The van der Waals surface area contributed by atoms with Crippen molar-refractivity contribution in [1.82, 2.24) is 4.68 Å². The smallest absolute Gasteiger partial charge is 0.303 e. The number of amides is 1. The second-order valence-corrected chi connectivity index (χ2v) is 6.09. The normalized spacial score (nSPS) is 10.5. The Balaban J connectivity index is 1.97. The van der Waals surface area contributed by atoms with E-state index >= 15 is 0 Å². The van der Waals surface area contributed by atoms with Gasteiger partial charge in [-0.2, -0.15) is 0 Å². The minimum absolute atomic E-state index is 0.0956. The molecule has 0 bridgehead atoms. The maximum Gasteiger partial charge on any atom is 0.303 e. The summed E-state index contributed by atoms with van der Waals surface area (Å²) in [6.45, 7) is 0. The number of methoxy groups -OCH3 is 1. The molecule has 3 rings (SSSR count). The Bertz CT molecular complexity index is 996. The van der Waals surface area contributed by atoms with E-state index in [0.29, 0.717) is 17.1 Å². The monoisotopic (exact) mass is 382 g/mol. The number of hydrogen-bond acceptors (Lipinski definition) is 3. The highest BCUT2D eigenvalue weighted by molar-refractivity contribution is 6.00. The number of aliphatic carboxylic acids is 1. The second-order valence-electron chi connectivity index (χ2n) is 6.09. The third kappa shape index (κ3) is 4.20. The molecule has 6 nitrogen and oxygen atoms in total. The Morgan fingerprint density at radius 3 is 2.43 bits per heavy atom. The maximum atomic E-state index is 14.0. The van der Waals surface area contributed by atoms with E-state index in [1.54, 1.807) is 37.4 Å². The molecule has 0 atom stereocenters. The third-order valence-corrected chi connectivity index (χ3v) is 4.27. The lowest BCUT2D eigenvalue weighted by molar-refractivity contribution is -0.136. The highest BCUT2D eigenvalue weighted by atomic mass is 19.1. The summed E-state index contributed by atoms with van der Waals surface area (Å²) >= 11 is 0. The van der Waals surface area contributed by atoms with Gasteiger partial charge in [0, 0.05) is 17.7 Å². The molecular weight excluding hydrogens is 363 g/mol. The fourth-order valence-electron chi connectivity index (χ4n) is 2.84. The van der Waals surface area contributed by atoms with Crippen LogP contribution in [0.3, 0.4) is 0 Å². The van der Waals surface area contributed by atoms with E-state index in [1.807, 2.05) is 12.1 Å². The zero-order valence-corrected chi connectivity index (χ0v) is 15.2. The minimum atomic E-state index is -0.945. The first-order valence-corrected chi connectivity index (χ1v) is 8.62. The number of rotatable bonds is 7. The zero-order chi connectivity index (χ0) is 20.1. The van der Waals surface area contributed by atoms with Crippen molar-refractivity contribution in [2.24, 2.45) is 0 Å². The van der Waals surface area contributed by atoms with Crippen LogP contribution in [0.15, 0.2) is 60.7 Å². The molecule has 144 valence electrons. The van der Waals surface area contributed by atoms with E-state index in [-0.39, 0.29) is 18.4 Å². The van der Waals surface area contributed by atoms with Gasteiger partial charge in [-0.25, -0.2) is 4.39 Å². The summed E-state index contributed by atoms with van der Waals surface area (Å²) in [6, 6.07) is 16.4. The third-order valence-electron chi connectivity index (χ3n) is 4.27. The fourth-order valence-corrected chi connectivity index (χ4v) is 2.84. The fraction of sp³-hybridized carbons (Fsp3) is 0.143. The molecule has 0 fully saturated rings. The summed E-state index contributed by atoms with van der Waals surface area (Å²) in [7, 11) is 1.57. The van der Waals surface area contributed by atoms with Crippen LogP contribution in [0.2, 0.25) is 0 Å². The van der Waals surface area contributed by atoms with Crippen molar-refractivity contribution in [1.29, 1.82) is 0 Å². The van der Waals surface area contributed by atoms with Crippen LogP contribution in [0.25, 0.3) is 11.3 Å². The van der Waals surface area contributed by atoms with Crippen LogP contribution >= 0.6 is 0 Å². The summed E-state index contributed by atoms with van der Waals surface area (Å²) in [5, 5.41) is 8.98. The average Bonchev–Trinajstić information content (AvgIpc) is 3.09.